The minimum Gasteiger partial charge on any atom is -0.429 e. The number of halogens is 4. The first-order valence-electron chi connectivity index (χ1n) is 10.7. The Morgan fingerprint density at radius 2 is 2.00 bits per heavy atom. The number of fused-ring (bicyclic) bond motifs is 2. The van der Waals surface area contributed by atoms with Crippen LogP contribution in [0.15, 0.2) is 53.3 Å². The van der Waals surface area contributed by atoms with Gasteiger partial charge in [-0.2, -0.15) is 13.2 Å². The maximum absolute atomic E-state index is 14.4. The Labute approximate surface area is 203 Å². The number of benzene rings is 1. The van der Waals surface area contributed by atoms with E-state index in [-0.39, 0.29) is 17.8 Å². The van der Waals surface area contributed by atoms with Crippen LogP contribution in [0.4, 0.5) is 17.6 Å². The van der Waals surface area contributed by atoms with Crippen molar-refractivity contribution in [2.24, 2.45) is 0 Å². The van der Waals surface area contributed by atoms with Crippen LogP contribution in [-0.2, 0) is 12.6 Å². The van der Waals surface area contributed by atoms with Gasteiger partial charge in [-0.1, -0.05) is 12.1 Å². The topological polar surface area (TPSA) is 101 Å². The molecule has 13 heteroatoms. The number of hydrogen-bond donors (Lipinski definition) is 1. The van der Waals surface area contributed by atoms with Crippen molar-refractivity contribution < 1.29 is 26.8 Å². The Morgan fingerprint density at radius 1 is 1.14 bits per heavy atom. The van der Waals surface area contributed by atoms with Crippen molar-refractivity contribution in [1.29, 1.82) is 0 Å². The fourth-order valence-corrected chi connectivity index (χ4v) is 5.28. The average molecular weight is 514 g/mol. The van der Waals surface area contributed by atoms with Crippen molar-refractivity contribution in [2.45, 2.75) is 18.6 Å². The molecule has 0 radical (unpaired) electrons. The molecule has 0 bridgehead atoms. The van der Waals surface area contributed by atoms with Gasteiger partial charge in [0.25, 0.3) is 5.91 Å². The van der Waals surface area contributed by atoms with Crippen LogP contribution < -0.4 is 0 Å². The van der Waals surface area contributed by atoms with Gasteiger partial charge in [0.05, 0.1) is 16.7 Å². The second-order valence-corrected chi connectivity index (χ2v) is 9.03. The molecule has 5 heterocycles. The maximum atomic E-state index is 14.4. The van der Waals surface area contributed by atoms with Crippen molar-refractivity contribution in [3.05, 3.63) is 82.6 Å². The monoisotopic (exact) mass is 514 g/mol. The van der Waals surface area contributed by atoms with Crippen LogP contribution >= 0.6 is 11.3 Å². The molecule has 1 amide bonds. The van der Waals surface area contributed by atoms with Gasteiger partial charge in [0, 0.05) is 24.9 Å². The van der Waals surface area contributed by atoms with Crippen molar-refractivity contribution in [3.63, 3.8) is 0 Å². The lowest BCUT2D eigenvalue weighted by Crippen LogP contribution is -2.41. The summed E-state index contributed by atoms with van der Waals surface area (Å²) in [6, 6.07) is 8.10. The highest BCUT2D eigenvalue weighted by molar-refractivity contribution is 7.18. The first kappa shape index (κ1) is 22.3. The Bertz CT molecular complexity index is 1590. The molecule has 4 aromatic heterocycles. The summed E-state index contributed by atoms with van der Waals surface area (Å²) >= 11 is 1.14. The van der Waals surface area contributed by atoms with Gasteiger partial charge in [-0.3, -0.25) is 9.78 Å². The minimum atomic E-state index is -4.96. The highest BCUT2D eigenvalue weighted by Gasteiger charge is 2.45. The second-order valence-electron chi connectivity index (χ2n) is 7.97. The summed E-state index contributed by atoms with van der Waals surface area (Å²) in [6.07, 6.45) is -1.82. The molecule has 1 N–H and O–H groups in total. The number of nitrogens with one attached hydrogen (secondary N) is 1. The third-order valence-corrected chi connectivity index (χ3v) is 6.85. The summed E-state index contributed by atoms with van der Waals surface area (Å²) in [5.74, 6) is -2.96. The number of carbonyl (C=O) groups excluding carboxylic acids is 1. The second kappa shape index (κ2) is 8.22. The van der Waals surface area contributed by atoms with Crippen LogP contribution in [0.5, 0.6) is 0 Å². The molecular weight excluding hydrogens is 500 g/mol. The number of H-pyrrole nitrogens is 1. The fraction of sp³-hybridized carbons (Fsp3) is 0.174. The van der Waals surface area contributed by atoms with Gasteiger partial charge in [0.2, 0.25) is 11.7 Å². The predicted molar refractivity (Wildman–Crippen MR) is 119 cm³/mol. The number of thiazole rings is 1. The Morgan fingerprint density at radius 3 is 2.75 bits per heavy atom. The van der Waals surface area contributed by atoms with Crippen molar-refractivity contribution in [3.8, 4) is 11.6 Å². The lowest BCUT2D eigenvalue weighted by Gasteiger charge is -2.33. The molecule has 1 aliphatic rings. The summed E-state index contributed by atoms with van der Waals surface area (Å²) in [5.41, 5.74) is -0.150. The number of aromatic nitrogens is 5. The van der Waals surface area contributed by atoms with Crippen LogP contribution in [0.1, 0.15) is 38.7 Å². The first-order valence-corrected chi connectivity index (χ1v) is 11.5. The van der Waals surface area contributed by atoms with Gasteiger partial charge >= 0.3 is 6.18 Å². The summed E-state index contributed by atoms with van der Waals surface area (Å²) in [7, 11) is 0. The van der Waals surface area contributed by atoms with Gasteiger partial charge < -0.3 is 14.3 Å². The molecule has 0 saturated heterocycles. The number of oxazole rings is 1. The number of aromatic amines is 1. The number of carbonyl (C=O) groups is 1. The summed E-state index contributed by atoms with van der Waals surface area (Å²) < 4.78 is 62.0. The molecule has 5 aromatic rings. The zero-order valence-corrected chi connectivity index (χ0v) is 18.9. The zero-order valence-electron chi connectivity index (χ0n) is 18.1. The third kappa shape index (κ3) is 3.63. The van der Waals surface area contributed by atoms with Gasteiger partial charge in [0.15, 0.2) is 5.69 Å². The molecule has 0 saturated carbocycles. The van der Waals surface area contributed by atoms with Crippen LogP contribution in [0.2, 0.25) is 0 Å². The summed E-state index contributed by atoms with van der Waals surface area (Å²) in [4.78, 5) is 34.1. The molecule has 8 nitrogen and oxygen atoms in total. The molecular formula is C23H14F4N6O2S. The van der Waals surface area contributed by atoms with E-state index in [1.165, 1.54) is 35.6 Å². The molecule has 0 spiro atoms. The van der Waals surface area contributed by atoms with E-state index < -0.39 is 41.3 Å². The minimum absolute atomic E-state index is 0.0495. The number of rotatable bonds is 3. The average Bonchev–Trinajstić information content (AvgIpc) is 3.61. The first-order chi connectivity index (χ1) is 17.3. The molecule has 0 fully saturated rings. The largest absolute Gasteiger partial charge is 0.437 e. The molecule has 1 aromatic carbocycles. The van der Waals surface area contributed by atoms with E-state index in [0.717, 1.165) is 11.3 Å². The SMILES string of the molecule is O=C(c1oc(-c2ccccn2)nc1C(F)(F)F)N1CCc2[nH]cnc2[C@H]1c1nc2c(F)cccc2s1. The molecule has 6 rings (SSSR count). The van der Waals surface area contributed by atoms with Crippen molar-refractivity contribution in [2.75, 3.05) is 6.54 Å². The molecule has 36 heavy (non-hydrogen) atoms. The number of alkyl halides is 3. The van der Waals surface area contributed by atoms with E-state index in [0.29, 0.717) is 27.5 Å². The van der Waals surface area contributed by atoms with Crippen LogP contribution in [0.25, 0.3) is 21.8 Å². The highest BCUT2D eigenvalue weighted by atomic mass is 32.1. The standard InChI is InChI=1S/C23H14F4N6O2S/c24-11-4-3-6-14-15(11)31-21(36-14)17-16-12(29-10-30-16)7-9-33(17)22(34)18-19(23(25,26)27)32-20(35-18)13-5-1-2-8-28-13/h1-6,8,10,17H,7,9H2,(H,29,30)/t17-/m0/s1. The van der Waals surface area contributed by atoms with Crippen LogP contribution in [-0.4, -0.2) is 42.3 Å². The van der Waals surface area contributed by atoms with Crippen molar-refractivity contribution in [1.82, 2.24) is 29.8 Å². The molecule has 1 atom stereocenters. The van der Waals surface area contributed by atoms with E-state index in [9.17, 15) is 22.4 Å². The number of amides is 1. The highest BCUT2D eigenvalue weighted by Crippen LogP contribution is 2.41. The van der Waals surface area contributed by atoms with Crippen LogP contribution in [0.3, 0.4) is 0 Å². The zero-order chi connectivity index (χ0) is 25.0. The maximum Gasteiger partial charge on any atom is 0.437 e. The smallest absolute Gasteiger partial charge is 0.429 e. The Kier molecular flexibility index (Phi) is 5.10. The van der Waals surface area contributed by atoms with E-state index >= 15 is 0 Å². The number of hydrogen-bond acceptors (Lipinski definition) is 7. The number of nitrogens with zero attached hydrogens (tertiary/aromatic N) is 5. The number of para-hydroxylation sites is 1. The molecule has 1 aliphatic heterocycles. The quantitative estimate of drug-likeness (QED) is 0.340. The van der Waals surface area contributed by atoms with Gasteiger partial charge in [-0.25, -0.2) is 19.3 Å². The normalized spacial score (nSPS) is 15.9. The molecule has 0 aliphatic carbocycles. The van der Waals surface area contributed by atoms with Gasteiger partial charge in [0.1, 0.15) is 28.1 Å². The summed E-state index contributed by atoms with van der Waals surface area (Å²) in [6.45, 7) is 0.0496. The third-order valence-electron chi connectivity index (χ3n) is 5.78. The van der Waals surface area contributed by atoms with E-state index in [4.69, 9.17) is 4.42 Å². The predicted octanol–water partition coefficient (Wildman–Crippen LogP) is 5.02. The Hall–Kier alpha value is -4.13. The van der Waals surface area contributed by atoms with Gasteiger partial charge in [-0.05, 0) is 24.3 Å². The van der Waals surface area contributed by atoms with E-state index in [2.05, 4.69) is 24.9 Å². The fourth-order valence-electron chi connectivity index (χ4n) is 4.18. The summed E-state index contributed by atoms with van der Waals surface area (Å²) in [5, 5.41) is 0.314. The number of pyridine rings is 1. The molecule has 182 valence electrons. The van der Waals surface area contributed by atoms with Crippen molar-refractivity contribution >= 4 is 27.5 Å². The number of imidazole rings is 1. The van der Waals surface area contributed by atoms with Gasteiger partial charge in [-0.15, -0.1) is 11.3 Å². The van der Waals surface area contributed by atoms with Crippen LogP contribution in [0, 0.1) is 5.82 Å². The molecule has 0 unspecified atom stereocenters. The lowest BCUT2D eigenvalue weighted by molar-refractivity contribution is -0.141. The van der Waals surface area contributed by atoms with E-state index in [1.54, 1.807) is 18.2 Å². The van der Waals surface area contributed by atoms with E-state index in [1.807, 2.05) is 0 Å². The lowest BCUT2D eigenvalue weighted by atomic mass is 10.0. The Balaban J connectivity index is 1.48.